The van der Waals surface area contributed by atoms with E-state index in [-0.39, 0.29) is 1.43 Å². The van der Waals surface area contributed by atoms with Crippen LogP contribution in [-0.2, 0) is 23.1 Å². The zero-order valence-corrected chi connectivity index (χ0v) is 37.5. The zero-order valence-electron chi connectivity index (χ0n) is 34.1. The van der Waals surface area contributed by atoms with E-state index < -0.39 is 23.8 Å². The first-order chi connectivity index (χ1) is 29.8. The molecule has 0 heterocycles. The van der Waals surface area contributed by atoms with Crippen LogP contribution in [0, 0.1) is 0 Å². The van der Waals surface area contributed by atoms with Crippen molar-refractivity contribution < 1.29 is 24.5 Å². The van der Waals surface area contributed by atoms with Crippen LogP contribution < -0.4 is 47.7 Å². The van der Waals surface area contributed by atoms with Crippen molar-refractivity contribution in [3.63, 3.8) is 0 Å². The smallest absolute Gasteiger partial charge is 0.0622 e. The Labute approximate surface area is 371 Å². The molecule has 0 aliphatic rings. The van der Waals surface area contributed by atoms with Gasteiger partial charge in [0.05, 0.1) is 0 Å². The van der Waals surface area contributed by atoms with Crippen molar-refractivity contribution in [2.24, 2.45) is 0 Å². The molecule has 0 atom stereocenters. The first-order valence-electron chi connectivity index (χ1n) is 19.6. The normalized spacial score (nSPS) is 10.3. The standard InChI is InChI=1S/3C18H15P.CHO.Rh/c3*1-4-10-16(11-5-1)19(17-12-6-2-7-13-17)18-14-8-3-9-15-18;1-2;/h3*1-15H;1H;/q;;;;-1/p+1. The summed E-state index contributed by atoms with van der Waals surface area (Å²) in [4.78, 5) is 9.40. The van der Waals surface area contributed by atoms with Crippen molar-refractivity contribution in [1.82, 2.24) is 0 Å². The van der Waals surface area contributed by atoms with Crippen LogP contribution in [0.4, 0.5) is 0 Å². The summed E-state index contributed by atoms with van der Waals surface area (Å²) >= 11 is 2.04. The van der Waals surface area contributed by atoms with Gasteiger partial charge >= 0.3 is 29.4 Å². The maximum atomic E-state index is 8.76. The number of hydrogen-bond donors (Lipinski definition) is 0. The Bertz CT molecular complexity index is 1930. The molecule has 0 saturated heterocycles. The number of rotatable bonds is 9. The van der Waals surface area contributed by atoms with Crippen LogP contribution in [0.1, 0.15) is 1.43 Å². The SMILES string of the molecule is O=[CH][Rh-].[H+].c1ccc(P(c2ccccc2)c2ccccc2)cc1.c1ccc(P(c2ccccc2)c2ccccc2)cc1.c1ccc(P(c2ccccc2)c2ccccc2)cc1. The van der Waals surface area contributed by atoms with Gasteiger partial charge in [-0.2, -0.15) is 0 Å². The van der Waals surface area contributed by atoms with E-state index in [1.54, 1.807) is 0 Å². The molecule has 1 nitrogen and oxygen atoms in total. The molecule has 0 fully saturated rings. The Morgan fingerprint density at radius 1 is 0.233 bits per heavy atom. The van der Waals surface area contributed by atoms with Gasteiger partial charge in [-0.3, -0.25) is 0 Å². The van der Waals surface area contributed by atoms with Crippen LogP contribution in [0.3, 0.4) is 0 Å². The summed E-state index contributed by atoms with van der Waals surface area (Å²) in [5, 5.41) is 12.6. The van der Waals surface area contributed by atoms with Gasteiger partial charge in [0.25, 0.3) is 0 Å². The Morgan fingerprint density at radius 3 is 0.400 bits per heavy atom. The molecule has 60 heavy (non-hydrogen) atoms. The monoisotopic (exact) mass is 919 g/mol. The van der Waals surface area contributed by atoms with E-state index in [4.69, 9.17) is 4.79 Å². The Hall–Kier alpha value is -5.44. The van der Waals surface area contributed by atoms with Gasteiger partial charge in [-0.15, -0.1) is 0 Å². The summed E-state index contributed by atoms with van der Waals surface area (Å²) in [6.45, 7) is 0. The van der Waals surface area contributed by atoms with Crippen molar-refractivity contribution in [2.45, 2.75) is 0 Å². The third-order valence-electron chi connectivity index (χ3n) is 9.13. The van der Waals surface area contributed by atoms with Crippen LogP contribution in [0.5, 0.6) is 0 Å². The zero-order chi connectivity index (χ0) is 41.5. The van der Waals surface area contributed by atoms with Gasteiger partial charge in [0, 0.05) is 0 Å². The third-order valence-corrected chi connectivity index (χ3v) is 16.5. The molecule has 297 valence electrons. The van der Waals surface area contributed by atoms with Crippen molar-refractivity contribution in [1.29, 1.82) is 0 Å². The number of hydrogen-bond acceptors (Lipinski definition) is 1. The molecule has 0 aliphatic carbocycles. The van der Waals surface area contributed by atoms with Crippen molar-refractivity contribution >= 4 is 76.4 Å². The van der Waals surface area contributed by atoms with Gasteiger partial charge in [0.2, 0.25) is 0 Å². The Balaban J connectivity index is 0.000000166. The molecule has 0 bridgehead atoms. The Kier molecular flexibility index (Phi) is 18.6. The van der Waals surface area contributed by atoms with E-state index in [0.29, 0.717) is 4.88 Å². The van der Waals surface area contributed by atoms with Crippen molar-refractivity contribution in [2.75, 3.05) is 0 Å². The molecule has 0 saturated carbocycles. The maximum absolute atomic E-state index is 8.76. The first-order valence-corrected chi connectivity index (χ1v) is 24.6. The van der Waals surface area contributed by atoms with Gasteiger partial charge in [0.1, 0.15) is 0 Å². The van der Waals surface area contributed by atoms with E-state index in [1.165, 1.54) is 47.7 Å². The quantitative estimate of drug-likeness (QED) is 0.0801. The molecule has 0 spiro atoms. The number of carbonyl (C=O) groups excluding carboxylic acids is 1. The second kappa shape index (κ2) is 25.2. The second-order valence-electron chi connectivity index (χ2n) is 13.1. The maximum Gasteiger partial charge on any atom is 1.00 e. The minimum Gasteiger partial charge on any atom is -0.0622 e. The summed E-state index contributed by atoms with van der Waals surface area (Å²) in [5.41, 5.74) is 0. The minimum atomic E-state index is -0.446. The molecule has 9 aromatic rings. The molecule has 9 rings (SSSR count). The fourth-order valence-electron chi connectivity index (χ4n) is 6.54. The molecule has 9 aromatic carbocycles. The summed E-state index contributed by atoms with van der Waals surface area (Å²) in [6.07, 6.45) is 0. The van der Waals surface area contributed by atoms with Gasteiger partial charge in [-0.1, -0.05) is 273 Å². The van der Waals surface area contributed by atoms with Gasteiger partial charge in [-0.25, -0.2) is 0 Å². The van der Waals surface area contributed by atoms with Crippen LogP contribution in [-0.4, -0.2) is 4.88 Å². The van der Waals surface area contributed by atoms with Crippen LogP contribution in [0.15, 0.2) is 273 Å². The van der Waals surface area contributed by atoms with E-state index in [0.717, 1.165) is 0 Å². The third kappa shape index (κ3) is 13.3. The number of benzene rings is 9. The molecular formula is C55H47OP3Rh. The molecule has 0 aromatic heterocycles. The predicted octanol–water partition coefficient (Wildman–Crippen LogP) is 10.2. The average Bonchev–Trinajstić information content (AvgIpc) is 3.33. The van der Waals surface area contributed by atoms with E-state index in [1.807, 2.05) is 18.3 Å². The fraction of sp³-hybridized carbons (Fsp3) is 0. The summed E-state index contributed by atoms with van der Waals surface area (Å²) < 4.78 is 0. The second-order valence-corrected chi connectivity index (χ2v) is 20.2. The van der Waals surface area contributed by atoms with Crippen LogP contribution in [0.25, 0.3) is 0 Å². The van der Waals surface area contributed by atoms with E-state index in [2.05, 4.69) is 273 Å². The molecule has 0 aliphatic heterocycles. The van der Waals surface area contributed by atoms with Gasteiger partial charge in [-0.05, 0) is 71.5 Å². The summed E-state index contributed by atoms with van der Waals surface area (Å²) in [5.74, 6) is 0. The topological polar surface area (TPSA) is 17.1 Å². The number of carbonyl (C=O) groups is 1. The molecular weight excluding hydrogens is 872 g/mol. The van der Waals surface area contributed by atoms with E-state index >= 15 is 0 Å². The van der Waals surface area contributed by atoms with Gasteiger partial charge in [0.15, 0.2) is 0 Å². The molecule has 0 N–H and O–H groups in total. The summed E-state index contributed by atoms with van der Waals surface area (Å²) in [7, 11) is -1.34. The molecule has 0 radical (unpaired) electrons. The predicted molar refractivity (Wildman–Crippen MR) is 263 cm³/mol. The van der Waals surface area contributed by atoms with Crippen molar-refractivity contribution in [3.8, 4) is 0 Å². The van der Waals surface area contributed by atoms with Gasteiger partial charge < -0.3 is 0 Å². The largest absolute Gasteiger partial charge is 1.00 e. The summed E-state index contributed by atoms with van der Waals surface area (Å²) in [6, 6.07) is 97.0. The van der Waals surface area contributed by atoms with Crippen LogP contribution >= 0.6 is 23.8 Å². The molecule has 0 unspecified atom stereocenters. The molecule has 0 amide bonds. The first kappa shape index (κ1) is 44.1. The minimum absolute atomic E-state index is 0. The van der Waals surface area contributed by atoms with Crippen LogP contribution in [0.2, 0.25) is 0 Å². The Morgan fingerprint density at radius 2 is 0.317 bits per heavy atom. The van der Waals surface area contributed by atoms with E-state index in [9.17, 15) is 0 Å². The average molecular weight is 920 g/mol. The molecule has 5 heteroatoms. The fourth-order valence-corrected chi connectivity index (χ4v) is 13.5. The van der Waals surface area contributed by atoms with Crippen molar-refractivity contribution in [3.05, 3.63) is 273 Å².